The van der Waals surface area contributed by atoms with Gasteiger partial charge >= 0.3 is 0 Å². The molecule has 1 fully saturated rings. The predicted molar refractivity (Wildman–Crippen MR) is 73.1 cm³/mol. The highest BCUT2D eigenvalue weighted by Crippen LogP contribution is 2.32. The molecule has 0 amide bonds. The zero-order valence-corrected chi connectivity index (χ0v) is 11.3. The van der Waals surface area contributed by atoms with Crippen molar-refractivity contribution >= 4 is 0 Å². The van der Waals surface area contributed by atoms with Gasteiger partial charge in [-0.1, -0.05) is 6.07 Å². The zero-order valence-electron chi connectivity index (χ0n) is 11.3. The number of methoxy groups -OCH3 is 1. The summed E-state index contributed by atoms with van der Waals surface area (Å²) in [6.45, 7) is 2.21. The third kappa shape index (κ3) is 2.38. The van der Waals surface area contributed by atoms with Gasteiger partial charge in [0.15, 0.2) is 0 Å². The van der Waals surface area contributed by atoms with E-state index in [1.54, 1.807) is 7.11 Å². The summed E-state index contributed by atoms with van der Waals surface area (Å²) in [5, 5.41) is 3.65. The molecule has 0 spiro atoms. The zero-order chi connectivity index (χ0) is 12.5. The number of nitrogens with zero attached hydrogens (tertiary/aromatic N) is 1. The molecule has 2 aliphatic rings. The fourth-order valence-electron chi connectivity index (χ4n) is 2.76. The third-order valence-electron chi connectivity index (χ3n) is 4.16. The number of hydrogen-bond donors (Lipinski definition) is 1. The first-order valence-electron chi connectivity index (χ1n) is 6.88. The summed E-state index contributed by atoms with van der Waals surface area (Å²) in [6.07, 6.45) is 3.85. The van der Waals surface area contributed by atoms with Crippen molar-refractivity contribution in [1.29, 1.82) is 0 Å². The Kier molecular flexibility index (Phi) is 3.27. The fraction of sp³-hybridized carbons (Fsp3) is 0.600. The van der Waals surface area contributed by atoms with E-state index in [1.165, 1.54) is 24.0 Å². The molecule has 1 saturated carbocycles. The fourth-order valence-corrected chi connectivity index (χ4v) is 2.76. The second kappa shape index (κ2) is 4.90. The largest absolute Gasteiger partial charge is 0.497 e. The second-order valence-electron chi connectivity index (χ2n) is 5.49. The van der Waals surface area contributed by atoms with Crippen LogP contribution in [-0.4, -0.2) is 38.2 Å². The maximum atomic E-state index is 5.36. The number of ether oxygens (including phenoxy) is 1. The van der Waals surface area contributed by atoms with E-state index in [-0.39, 0.29) is 0 Å². The monoisotopic (exact) mass is 246 g/mol. The summed E-state index contributed by atoms with van der Waals surface area (Å²) in [6, 6.07) is 7.78. The molecule has 0 radical (unpaired) electrons. The molecule has 0 aromatic heterocycles. The van der Waals surface area contributed by atoms with Gasteiger partial charge in [0, 0.05) is 25.2 Å². The van der Waals surface area contributed by atoms with Gasteiger partial charge in [0.2, 0.25) is 0 Å². The van der Waals surface area contributed by atoms with Crippen molar-refractivity contribution in [2.24, 2.45) is 0 Å². The molecule has 1 aliphatic carbocycles. The first kappa shape index (κ1) is 12.0. The van der Waals surface area contributed by atoms with Crippen LogP contribution in [0.5, 0.6) is 5.75 Å². The first-order valence-corrected chi connectivity index (χ1v) is 6.88. The van der Waals surface area contributed by atoms with Gasteiger partial charge in [0.1, 0.15) is 5.75 Å². The van der Waals surface area contributed by atoms with Crippen LogP contribution < -0.4 is 10.1 Å². The van der Waals surface area contributed by atoms with E-state index in [1.807, 2.05) is 0 Å². The number of likely N-dealkylation sites (N-methyl/N-ethyl adjacent to an activating group) is 1. The summed E-state index contributed by atoms with van der Waals surface area (Å²) >= 11 is 0. The standard InChI is InChI=1S/C15H22N2O/c1-17-8-7-11-3-6-13(18-2)9-14(11)15(17)10-16-12-4-5-12/h3,6,9,12,15-16H,4-5,7-8,10H2,1-2H3. The number of hydrogen-bond acceptors (Lipinski definition) is 3. The van der Waals surface area contributed by atoms with E-state index in [0.29, 0.717) is 6.04 Å². The van der Waals surface area contributed by atoms with Crippen LogP contribution in [0.4, 0.5) is 0 Å². The lowest BCUT2D eigenvalue weighted by Crippen LogP contribution is -2.38. The quantitative estimate of drug-likeness (QED) is 0.879. The molecule has 1 aromatic rings. The predicted octanol–water partition coefficient (Wildman–Crippen LogP) is 1.98. The Balaban J connectivity index is 1.83. The molecule has 1 aliphatic heterocycles. The van der Waals surface area contributed by atoms with Gasteiger partial charge in [-0.3, -0.25) is 4.90 Å². The summed E-state index contributed by atoms with van der Waals surface area (Å²) in [5.41, 5.74) is 2.92. The molecule has 3 rings (SSSR count). The topological polar surface area (TPSA) is 24.5 Å². The van der Waals surface area contributed by atoms with Crippen molar-refractivity contribution in [3.05, 3.63) is 29.3 Å². The van der Waals surface area contributed by atoms with Gasteiger partial charge in [0.25, 0.3) is 0 Å². The molecule has 1 atom stereocenters. The maximum absolute atomic E-state index is 5.36. The van der Waals surface area contributed by atoms with Gasteiger partial charge in [-0.15, -0.1) is 0 Å². The van der Waals surface area contributed by atoms with Crippen LogP contribution in [0.2, 0.25) is 0 Å². The lowest BCUT2D eigenvalue weighted by Gasteiger charge is -2.35. The SMILES string of the molecule is COc1ccc2c(c1)C(CNC1CC1)N(C)CC2. The minimum absolute atomic E-state index is 0.490. The van der Waals surface area contributed by atoms with Crippen LogP contribution in [0.1, 0.15) is 30.0 Å². The lowest BCUT2D eigenvalue weighted by atomic mass is 9.92. The Morgan fingerprint density at radius 3 is 2.94 bits per heavy atom. The Morgan fingerprint density at radius 1 is 1.39 bits per heavy atom. The first-order chi connectivity index (χ1) is 8.78. The minimum atomic E-state index is 0.490. The highest BCUT2D eigenvalue weighted by Gasteiger charge is 2.28. The highest BCUT2D eigenvalue weighted by atomic mass is 16.5. The van der Waals surface area contributed by atoms with Gasteiger partial charge < -0.3 is 10.1 Å². The minimum Gasteiger partial charge on any atom is -0.497 e. The van der Waals surface area contributed by atoms with Crippen LogP contribution in [0, 0.1) is 0 Å². The van der Waals surface area contributed by atoms with Gasteiger partial charge in [-0.25, -0.2) is 0 Å². The molecule has 1 aromatic carbocycles. The van der Waals surface area contributed by atoms with Crippen LogP contribution in [0.3, 0.4) is 0 Å². The highest BCUT2D eigenvalue weighted by molar-refractivity contribution is 5.39. The number of benzene rings is 1. The average molecular weight is 246 g/mol. The van der Waals surface area contributed by atoms with E-state index < -0.39 is 0 Å². The molecule has 1 N–H and O–H groups in total. The smallest absolute Gasteiger partial charge is 0.119 e. The van der Waals surface area contributed by atoms with E-state index in [0.717, 1.165) is 31.3 Å². The molecule has 1 heterocycles. The van der Waals surface area contributed by atoms with E-state index >= 15 is 0 Å². The number of fused-ring (bicyclic) bond motifs is 1. The van der Waals surface area contributed by atoms with Crippen molar-refractivity contribution in [3.8, 4) is 5.75 Å². The summed E-state index contributed by atoms with van der Waals surface area (Å²) in [4.78, 5) is 2.46. The maximum Gasteiger partial charge on any atom is 0.119 e. The Labute approximate surface area is 109 Å². The molecule has 3 nitrogen and oxygen atoms in total. The van der Waals surface area contributed by atoms with E-state index in [9.17, 15) is 0 Å². The third-order valence-corrected chi connectivity index (χ3v) is 4.16. The molecular formula is C15H22N2O. The van der Waals surface area contributed by atoms with Crippen molar-refractivity contribution in [3.63, 3.8) is 0 Å². The summed E-state index contributed by atoms with van der Waals surface area (Å²) in [5.74, 6) is 0.973. The summed E-state index contributed by atoms with van der Waals surface area (Å²) < 4.78 is 5.36. The molecule has 0 saturated heterocycles. The molecule has 98 valence electrons. The Morgan fingerprint density at radius 2 is 2.22 bits per heavy atom. The molecule has 1 unspecified atom stereocenters. The van der Waals surface area contributed by atoms with E-state index in [2.05, 4.69) is 35.5 Å². The lowest BCUT2D eigenvalue weighted by molar-refractivity contribution is 0.223. The van der Waals surface area contributed by atoms with Crippen LogP contribution in [0.25, 0.3) is 0 Å². The van der Waals surface area contributed by atoms with Crippen LogP contribution in [0.15, 0.2) is 18.2 Å². The van der Waals surface area contributed by atoms with Gasteiger partial charge in [-0.05, 0) is 49.6 Å². The summed E-state index contributed by atoms with van der Waals surface area (Å²) in [7, 11) is 3.97. The van der Waals surface area contributed by atoms with Crippen molar-refractivity contribution in [2.45, 2.75) is 31.3 Å². The molecule has 18 heavy (non-hydrogen) atoms. The Hall–Kier alpha value is -1.06. The Bertz CT molecular complexity index is 429. The van der Waals surface area contributed by atoms with Gasteiger partial charge in [0.05, 0.1) is 7.11 Å². The average Bonchev–Trinajstić information content (AvgIpc) is 3.21. The van der Waals surface area contributed by atoms with Crippen molar-refractivity contribution < 1.29 is 4.74 Å². The molecule has 3 heteroatoms. The second-order valence-corrected chi connectivity index (χ2v) is 5.49. The normalized spacial score (nSPS) is 23.8. The molecular weight excluding hydrogens is 224 g/mol. The molecule has 0 bridgehead atoms. The van der Waals surface area contributed by atoms with E-state index in [4.69, 9.17) is 4.74 Å². The van der Waals surface area contributed by atoms with Crippen molar-refractivity contribution in [2.75, 3.05) is 27.2 Å². The van der Waals surface area contributed by atoms with Crippen LogP contribution >= 0.6 is 0 Å². The van der Waals surface area contributed by atoms with Crippen molar-refractivity contribution in [1.82, 2.24) is 10.2 Å². The number of nitrogens with one attached hydrogen (secondary N) is 1. The number of rotatable bonds is 4. The van der Waals surface area contributed by atoms with Gasteiger partial charge in [-0.2, -0.15) is 0 Å². The van der Waals surface area contributed by atoms with Crippen LogP contribution in [-0.2, 0) is 6.42 Å².